The van der Waals surface area contributed by atoms with E-state index in [1.807, 2.05) is 6.07 Å². The minimum absolute atomic E-state index is 0.314. The number of rotatable bonds is 9. The molecule has 0 unspecified atom stereocenters. The maximum absolute atomic E-state index is 5.72. The van der Waals surface area contributed by atoms with Gasteiger partial charge in [0, 0.05) is 38.8 Å². The van der Waals surface area contributed by atoms with Gasteiger partial charge in [-0.3, -0.25) is 4.90 Å². The molecule has 0 atom stereocenters. The molecule has 0 aromatic heterocycles. The van der Waals surface area contributed by atoms with Crippen LogP contribution < -0.4 is 10.1 Å². The molecule has 5 heteroatoms. The average Bonchev–Trinajstić information content (AvgIpc) is 2.70. The van der Waals surface area contributed by atoms with Crippen LogP contribution in [0.4, 0.5) is 0 Å². The summed E-state index contributed by atoms with van der Waals surface area (Å²) in [5.74, 6) is 0.918. The van der Waals surface area contributed by atoms with Gasteiger partial charge in [0.25, 0.3) is 0 Å². The normalized spacial score (nSPS) is 20.8. The van der Waals surface area contributed by atoms with E-state index in [-0.39, 0.29) is 0 Å². The smallest absolute Gasteiger partial charge is 0.119 e. The highest BCUT2D eigenvalue weighted by molar-refractivity contribution is 5.28. The predicted octanol–water partition coefficient (Wildman–Crippen LogP) is 2.84. The van der Waals surface area contributed by atoms with E-state index >= 15 is 0 Å². The van der Waals surface area contributed by atoms with Gasteiger partial charge in [0.2, 0.25) is 0 Å². The molecule has 0 amide bonds. The first-order valence-electron chi connectivity index (χ1n) is 10.1. The maximum atomic E-state index is 5.72. The number of nitrogens with zero attached hydrogens (tertiary/aromatic N) is 1. The molecule has 2 fully saturated rings. The second kappa shape index (κ2) is 10.3. The highest BCUT2D eigenvalue weighted by atomic mass is 16.5. The molecule has 0 spiro atoms. The van der Waals surface area contributed by atoms with Gasteiger partial charge in [-0.15, -0.1) is 0 Å². The van der Waals surface area contributed by atoms with E-state index in [0.717, 1.165) is 45.1 Å². The molecule has 0 bridgehead atoms. The second-order valence-electron chi connectivity index (χ2n) is 7.48. The number of nitrogens with one attached hydrogen (secondary N) is 1. The summed E-state index contributed by atoms with van der Waals surface area (Å²) in [5.41, 5.74) is 1.59. The molecule has 0 radical (unpaired) electrons. The Morgan fingerprint density at radius 3 is 2.69 bits per heavy atom. The molecule has 2 aliphatic rings. The Hall–Kier alpha value is -1.14. The summed E-state index contributed by atoms with van der Waals surface area (Å²) in [6, 6.07) is 8.37. The van der Waals surface area contributed by atoms with Gasteiger partial charge in [-0.05, 0) is 30.5 Å². The summed E-state index contributed by atoms with van der Waals surface area (Å²) in [6.45, 7) is 7.05. The second-order valence-corrected chi connectivity index (χ2v) is 7.48. The number of methoxy groups -OCH3 is 1. The summed E-state index contributed by atoms with van der Waals surface area (Å²) in [4.78, 5) is 2.69. The zero-order valence-corrected chi connectivity index (χ0v) is 16.2. The maximum Gasteiger partial charge on any atom is 0.119 e. The van der Waals surface area contributed by atoms with Gasteiger partial charge in [0.15, 0.2) is 0 Å². The fourth-order valence-electron chi connectivity index (χ4n) is 4.28. The van der Waals surface area contributed by atoms with Crippen LogP contribution in [-0.2, 0) is 16.0 Å². The SMILES string of the molecule is COCCOc1cccc(CNCC2(N3CCOCC3)CCCCC2)c1. The van der Waals surface area contributed by atoms with Crippen LogP contribution in [0.3, 0.4) is 0 Å². The highest BCUT2D eigenvalue weighted by Crippen LogP contribution is 2.34. The van der Waals surface area contributed by atoms with Crippen LogP contribution in [0.15, 0.2) is 24.3 Å². The number of ether oxygens (including phenoxy) is 3. The molecular formula is C21H34N2O3. The third kappa shape index (κ3) is 5.43. The first kappa shape index (κ1) is 19.6. The van der Waals surface area contributed by atoms with Crippen LogP contribution in [0.5, 0.6) is 5.75 Å². The summed E-state index contributed by atoms with van der Waals surface area (Å²) < 4.78 is 16.3. The minimum atomic E-state index is 0.314. The number of hydrogen-bond donors (Lipinski definition) is 1. The minimum Gasteiger partial charge on any atom is -0.491 e. The molecular weight excluding hydrogens is 328 g/mol. The Balaban J connectivity index is 1.53. The van der Waals surface area contributed by atoms with Gasteiger partial charge in [0.1, 0.15) is 12.4 Å². The van der Waals surface area contributed by atoms with Crippen molar-refractivity contribution in [1.29, 1.82) is 0 Å². The van der Waals surface area contributed by atoms with Crippen molar-refractivity contribution in [1.82, 2.24) is 10.2 Å². The lowest BCUT2D eigenvalue weighted by Crippen LogP contribution is -2.59. The largest absolute Gasteiger partial charge is 0.491 e. The zero-order valence-electron chi connectivity index (χ0n) is 16.2. The van der Waals surface area contributed by atoms with E-state index in [2.05, 4.69) is 28.4 Å². The molecule has 26 heavy (non-hydrogen) atoms. The van der Waals surface area contributed by atoms with E-state index in [1.165, 1.54) is 37.7 Å². The zero-order chi connectivity index (χ0) is 18.1. The van der Waals surface area contributed by atoms with Gasteiger partial charge in [0.05, 0.1) is 19.8 Å². The molecule has 1 heterocycles. The van der Waals surface area contributed by atoms with Crippen molar-refractivity contribution in [3.05, 3.63) is 29.8 Å². The van der Waals surface area contributed by atoms with Crippen LogP contribution in [0.1, 0.15) is 37.7 Å². The van der Waals surface area contributed by atoms with Crippen molar-refractivity contribution >= 4 is 0 Å². The Kier molecular flexibility index (Phi) is 7.74. The molecule has 1 aromatic carbocycles. The van der Waals surface area contributed by atoms with Gasteiger partial charge in [-0.1, -0.05) is 31.4 Å². The Morgan fingerprint density at radius 2 is 1.92 bits per heavy atom. The number of morpholine rings is 1. The summed E-state index contributed by atoms with van der Waals surface area (Å²) in [5, 5.41) is 3.74. The van der Waals surface area contributed by atoms with Crippen molar-refractivity contribution in [3.63, 3.8) is 0 Å². The van der Waals surface area contributed by atoms with Crippen molar-refractivity contribution in [3.8, 4) is 5.75 Å². The predicted molar refractivity (Wildman–Crippen MR) is 104 cm³/mol. The van der Waals surface area contributed by atoms with Gasteiger partial charge in [-0.25, -0.2) is 0 Å². The fourth-order valence-corrected chi connectivity index (χ4v) is 4.28. The van der Waals surface area contributed by atoms with E-state index < -0.39 is 0 Å². The van der Waals surface area contributed by atoms with Crippen LogP contribution in [0, 0.1) is 0 Å². The summed E-state index contributed by atoms with van der Waals surface area (Å²) in [6.07, 6.45) is 6.69. The van der Waals surface area contributed by atoms with E-state index in [4.69, 9.17) is 14.2 Å². The number of hydrogen-bond acceptors (Lipinski definition) is 5. The van der Waals surface area contributed by atoms with Gasteiger partial charge < -0.3 is 19.5 Å². The van der Waals surface area contributed by atoms with Crippen molar-refractivity contribution < 1.29 is 14.2 Å². The average molecular weight is 363 g/mol. The molecule has 146 valence electrons. The monoisotopic (exact) mass is 362 g/mol. The van der Waals surface area contributed by atoms with Crippen LogP contribution in [-0.4, -0.2) is 63.6 Å². The van der Waals surface area contributed by atoms with Crippen LogP contribution in [0.25, 0.3) is 0 Å². The first-order valence-corrected chi connectivity index (χ1v) is 10.1. The van der Waals surface area contributed by atoms with Crippen molar-refractivity contribution in [2.45, 2.75) is 44.2 Å². The molecule has 1 aliphatic carbocycles. The molecule has 1 saturated heterocycles. The standard InChI is InChI=1S/C21H34N2O3/c1-24-14-15-26-20-7-5-6-19(16-20)17-22-18-21(8-3-2-4-9-21)23-10-12-25-13-11-23/h5-7,16,22H,2-4,8-15,17-18H2,1H3. The van der Waals surface area contributed by atoms with Gasteiger partial charge in [-0.2, -0.15) is 0 Å². The quantitative estimate of drug-likeness (QED) is 0.684. The molecule has 5 nitrogen and oxygen atoms in total. The van der Waals surface area contributed by atoms with Crippen molar-refractivity contribution in [2.24, 2.45) is 0 Å². The van der Waals surface area contributed by atoms with E-state index in [0.29, 0.717) is 18.8 Å². The summed E-state index contributed by atoms with van der Waals surface area (Å²) >= 11 is 0. The Bertz CT molecular complexity index is 526. The molecule has 1 aromatic rings. The first-order chi connectivity index (χ1) is 12.8. The topological polar surface area (TPSA) is 43.0 Å². The summed E-state index contributed by atoms with van der Waals surface area (Å²) in [7, 11) is 1.69. The molecule has 3 rings (SSSR count). The lowest BCUT2D eigenvalue weighted by atomic mass is 9.79. The third-order valence-corrected chi connectivity index (χ3v) is 5.70. The highest BCUT2D eigenvalue weighted by Gasteiger charge is 2.38. The fraction of sp³-hybridized carbons (Fsp3) is 0.714. The lowest BCUT2D eigenvalue weighted by molar-refractivity contribution is -0.0369. The van der Waals surface area contributed by atoms with Crippen molar-refractivity contribution in [2.75, 3.05) is 53.2 Å². The molecule has 1 N–H and O–H groups in total. The third-order valence-electron chi connectivity index (χ3n) is 5.70. The van der Waals surface area contributed by atoms with Crippen LogP contribution in [0.2, 0.25) is 0 Å². The van der Waals surface area contributed by atoms with Gasteiger partial charge >= 0.3 is 0 Å². The molecule has 1 saturated carbocycles. The van der Waals surface area contributed by atoms with E-state index in [9.17, 15) is 0 Å². The Morgan fingerprint density at radius 1 is 1.12 bits per heavy atom. The molecule has 1 aliphatic heterocycles. The van der Waals surface area contributed by atoms with E-state index in [1.54, 1.807) is 7.11 Å². The number of benzene rings is 1. The van der Waals surface area contributed by atoms with Crippen LogP contribution >= 0.6 is 0 Å². The Labute approximate surface area is 158 Å². The lowest BCUT2D eigenvalue weighted by Gasteiger charge is -2.48.